The highest BCUT2D eigenvalue weighted by Crippen LogP contribution is 2.31. The lowest BCUT2D eigenvalue weighted by atomic mass is 10.2. The van der Waals surface area contributed by atoms with Crippen LogP contribution < -0.4 is 10.1 Å². The van der Waals surface area contributed by atoms with Crippen molar-refractivity contribution in [1.29, 1.82) is 0 Å². The Kier molecular flexibility index (Phi) is 6.24. The normalized spacial score (nSPS) is 15.4. The zero-order valence-electron chi connectivity index (χ0n) is 15.5. The van der Waals surface area contributed by atoms with Gasteiger partial charge in [-0.1, -0.05) is 29.6 Å². The summed E-state index contributed by atoms with van der Waals surface area (Å²) in [7, 11) is -0.588. The van der Waals surface area contributed by atoms with Gasteiger partial charge in [-0.15, -0.1) is 0 Å². The predicted octanol–water partition coefficient (Wildman–Crippen LogP) is 3.77. The molecule has 1 aromatic heterocycles. The van der Waals surface area contributed by atoms with Gasteiger partial charge in [-0.2, -0.15) is 4.31 Å². The number of hydrogen-bond donors (Lipinski definition) is 1. The molecule has 2 heterocycles. The maximum atomic E-state index is 12.9. The number of sulfonamides is 1. The van der Waals surface area contributed by atoms with E-state index in [4.69, 9.17) is 27.9 Å². The fourth-order valence-corrected chi connectivity index (χ4v) is 5.07. The number of rotatable bonds is 5. The van der Waals surface area contributed by atoms with Gasteiger partial charge in [0.1, 0.15) is 16.6 Å². The van der Waals surface area contributed by atoms with E-state index in [1.807, 2.05) is 0 Å². The summed E-state index contributed by atoms with van der Waals surface area (Å²) in [5.41, 5.74) is 0.486. The van der Waals surface area contributed by atoms with Crippen LogP contribution in [0.15, 0.2) is 29.2 Å². The van der Waals surface area contributed by atoms with Crippen molar-refractivity contribution < 1.29 is 17.9 Å². The average molecular weight is 446 g/mol. The fourth-order valence-electron chi connectivity index (χ4n) is 3.15. The number of carbonyl (C=O) groups excluding carboxylic acids is 1. The smallest absolute Gasteiger partial charge is 0.272 e. The summed E-state index contributed by atoms with van der Waals surface area (Å²) in [5, 5.41) is 3.18. The Morgan fingerprint density at radius 1 is 1.14 bits per heavy atom. The van der Waals surface area contributed by atoms with E-state index in [2.05, 4.69) is 5.32 Å². The summed E-state index contributed by atoms with van der Waals surface area (Å²) in [6.45, 7) is 0.993. The van der Waals surface area contributed by atoms with Crippen molar-refractivity contribution in [1.82, 2.24) is 8.87 Å². The third-order valence-electron chi connectivity index (χ3n) is 4.72. The number of nitrogens with zero attached hydrogens (tertiary/aromatic N) is 2. The van der Waals surface area contributed by atoms with Crippen LogP contribution in [0.2, 0.25) is 10.2 Å². The van der Waals surface area contributed by atoms with Crippen LogP contribution >= 0.6 is 23.2 Å². The van der Waals surface area contributed by atoms with Crippen LogP contribution in [-0.4, -0.2) is 43.4 Å². The minimum atomic E-state index is -3.64. The number of aromatic nitrogens is 1. The molecule has 1 fully saturated rings. The van der Waals surface area contributed by atoms with Gasteiger partial charge >= 0.3 is 0 Å². The Labute approximate surface area is 174 Å². The van der Waals surface area contributed by atoms with Gasteiger partial charge in [0.25, 0.3) is 5.91 Å². The number of piperidine rings is 1. The van der Waals surface area contributed by atoms with Gasteiger partial charge in [0.05, 0.1) is 22.7 Å². The van der Waals surface area contributed by atoms with E-state index in [-0.39, 0.29) is 26.5 Å². The highest BCUT2D eigenvalue weighted by Gasteiger charge is 2.27. The van der Waals surface area contributed by atoms with E-state index >= 15 is 0 Å². The van der Waals surface area contributed by atoms with Crippen molar-refractivity contribution in [3.05, 3.63) is 40.1 Å². The SMILES string of the molecule is COc1ccc(S(=O)(=O)N2CCCCC2)cc1NC(=O)c1cc(Cl)c(Cl)n1C. The first-order valence-corrected chi connectivity index (χ1v) is 11.0. The Morgan fingerprint density at radius 3 is 2.39 bits per heavy atom. The highest BCUT2D eigenvalue weighted by atomic mass is 35.5. The molecule has 0 atom stereocenters. The third kappa shape index (κ3) is 4.00. The first kappa shape index (κ1) is 21.0. The first-order valence-electron chi connectivity index (χ1n) is 8.76. The fraction of sp³-hybridized carbons (Fsp3) is 0.389. The number of amides is 1. The molecule has 152 valence electrons. The molecule has 28 heavy (non-hydrogen) atoms. The molecule has 2 aromatic rings. The molecule has 10 heteroatoms. The minimum Gasteiger partial charge on any atom is -0.495 e. The summed E-state index contributed by atoms with van der Waals surface area (Å²) in [6, 6.07) is 5.86. The number of anilines is 1. The Balaban J connectivity index is 1.93. The van der Waals surface area contributed by atoms with E-state index in [1.54, 1.807) is 7.05 Å². The van der Waals surface area contributed by atoms with Crippen molar-refractivity contribution in [2.75, 3.05) is 25.5 Å². The third-order valence-corrected chi connectivity index (χ3v) is 7.46. The molecule has 1 aliphatic heterocycles. The minimum absolute atomic E-state index is 0.105. The highest BCUT2D eigenvalue weighted by molar-refractivity contribution is 7.89. The maximum absolute atomic E-state index is 12.9. The largest absolute Gasteiger partial charge is 0.495 e. The molecule has 1 aromatic carbocycles. The lowest BCUT2D eigenvalue weighted by Crippen LogP contribution is -2.35. The molecule has 1 amide bonds. The van der Waals surface area contributed by atoms with Gasteiger partial charge in [-0.25, -0.2) is 8.42 Å². The number of carbonyl (C=O) groups is 1. The first-order chi connectivity index (χ1) is 13.3. The molecule has 0 aliphatic carbocycles. The van der Waals surface area contributed by atoms with Crippen LogP contribution in [0, 0.1) is 0 Å². The topological polar surface area (TPSA) is 80.6 Å². The molecule has 0 saturated carbocycles. The van der Waals surface area contributed by atoms with Crippen molar-refractivity contribution in [3.63, 3.8) is 0 Å². The summed E-state index contributed by atoms with van der Waals surface area (Å²) < 4.78 is 34.1. The number of benzene rings is 1. The molecule has 0 bridgehead atoms. The summed E-state index contributed by atoms with van der Waals surface area (Å²) in [4.78, 5) is 12.8. The molecule has 1 N–H and O–H groups in total. The summed E-state index contributed by atoms with van der Waals surface area (Å²) >= 11 is 12.0. The number of nitrogens with one attached hydrogen (secondary N) is 1. The lowest BCUT2D eigenvalue weighted by molar-refractivity contribution is 0.101. The van der Waals surface area contributed by atoms with Gasteiger partial charge in [0.15, 0.2) is 0 Å². The molecule has 0 unspecified atom stereocenters. The van der Waals surface area contributed by atoms with Crippen LogP contribution in [0.5, 0.6) is 5.75 Å². The van der Waals surface area contributed by atoms with Gasteiger partial charge in [-0.3, -0.25) is 4.79 Å². The molecule has 7 nitrogen and oxygen atoms in total. The van der Waals surface area contributed by atoms with E-state index in [1.165, 1.54) is 40.2 Å². The zero-order valence-corrected chi connectivity index (χ0v) is 17.9. The second-order valence-corrected chi connectivity index (χ2v) is 9.21. The number of ether oxygens (including phenoxy) is 1. The van der Waals surface area contributed by atoms with Crippen LogP contribution in [0.4, 0.5) is 5.69 Å². The molecular weight excluding hydrogens is 425 g/mol. The van der Waals surface area contributed by atoms with Crippen LogP contribution in [-0.2, 0) is 17.1 Å². The van der Waals surface area contributed by atoms with Gasteiger partial charge in [0, 0.05) is 20.1 Å². The average Bonchev–Trinajstić information content (AvgIpc) is 2.96. The summed E-state index contributed by atoms with van der Waals surface area (Å²) in [5.74, 6) is -0.139. The number of halogens is 2. The maximum Gasteiger partial charge on any atom is 0.272 e. The Morgan fingerprint density at radius 2 is 1.82 bits per heavy atom. The van der Waals surface area contributed by atoms with Gasteiger partial charge in [-0.05, 0) is 37.1 Å². The zero-order chi connectivity index (χ0) is 20.5. The molecule has 1 saturated heterocycles. The van der Waals surface area contributed by atoms with Crippen LogP contribution in [0.1, 0.15) is 29.8 Å². The van der Waals surface area contributed by atoms with Crippen LogP contribution in [0.3, 0.4) is 0 Å². The van der Waals surface area contributed by atoms with Crippen molar-refractivity contribution in [2.45, 2.75) is 24.2 Å². The van der Waals surface area contributed by atoms with E-state index in [9.17, 15) is 13.2 Å². The van der Waals surface area contributed by atoms with Crippen molar-refractivity contribution >= 4 is 44.8 Å². The number of hydrogen-bond acceptors (Lipinski definition) is 4. The monoisotopic (exact) mass is 445 g/mol. The quantitative estimate of drug-likeness (QED) is 0.759. The van der Waals surface area contributed by atoms with E-state index in [0.717, 1.165) is 19.3 Å². The molecule has 0 spiro atoms. The molecule has 1 aliphatic rings. The van der Waals surface area contributed by atoms with Gasteiger partial charge < -0.3 is 14.6 Å². The Bertz CT molecular complexity index is 998. The standard InChI is InChI=1S/C18H21Cl2N3O4S/c1-22-15(11-13(19)17(22)20)18(24)21-14-10-12(6-7-16(14)27-2)28(25,26)23-8-4-3-5-9-23/h6-7,10-11H,3-5,8-9H2,1-2H3,(H,21,24). The summed E-state index contributed by atoms with van der Waals surface area (Å²) in [6.07, 6.45) is 2.71. The second-order valence-electron chi connectivity index (χ2n) is 6.51. The van der Waals surface area contributed by atoms with Gasteiger partial charge in [0.2, 0.25) is 10.0 Å². The lowest BCUT2D eigenvalue weighted by Gasteiger charge is -2.26. The molecular formula is C18H21Cl2N3O4S. The van der Waals surface area contributed by atoms with Crippen LogP contribution in [0.25, 0.3) is 0 Å². The van der Waals surface area contributed by atoms with Crippen molar-refractivity contribution in [2.24, 2.45) is 7.05 Å². The predicted molar refractivity (Wildman–Crippen MR) is 109 cm³/mol. The van der Waals surface area contributed by atoms with Crippen molar-refractivity contribution in [3.8, 4) is 5.75 Å². The molecule has 3 rings (SSSR count). The number of methoxy groups -OCH3 is 1. The second kappa shape index (κ2) is 8.32. The molecule has 0 radical (unpaired) electrons. The Hall–Kier alpha value is -1.74. The van der Waals surface area contributed by atoms with E-state index < -0.39 is 15.9 Å². The van der Waals surface area contributed by atoms with E-state index in [0.29, 0.717) is 18.8 Å².